The van der Waals surface area contributed by atoms with Crippen LogP contribution in [0.1, 0.15) is 5.56 Å². The molecular weight excluding hydrogens is 214 g/mol. The largest absolute Gasteiger partial charge is 0.308 e. The minimum atomic E-state index is 0.644. The van der Waals surface area contributed by atoms with Gasteiger partial charge in [-0.1, -0.05) is 30.3 Å². The highest BCUT2D eigenvalue weighted by Crippen LogP contribution is 2.14. The van der Waals surface area contributed by atoms with E-state index in [2.05, 4.69) is 42.4 Å². The van der Waals surface area contributed by atoms with Crippen LogP contribution in [0.2, 0.25) is 0 Å². The Morgan fingerprint density at radius 3 is 2.57 bits per heavy atom. The third-order valence-electron chi connectivity index (χ3n) is 1.80. The Hall–Kier alpha value is -0.440. The van der Waals surface area contributed by atoms with Gasteiger partial charge in [0.2, 0.25) is 0 Å². The lowest BCUT2D eigenvalue weighted by Gasteiger charge is -2.04. The minimum absolute atomic E-state index is 0.644. The lowest BCUT2D eigenvalue weighted by atomic mass is 10.2. The number of nitrogens with one attached hydrogen (secondary N) is 1. The summed E-state index contributed by atoms with van der Waals surface area (Å²) in [5.74, 6) is 0. The second-order valence-corrected chi connectivity index (χ2v) is 4.38. The molecule has 1 nitrogen and oxygen atoms in total. The van der Waals surface area contributed by atoms with Gasteiger partial charge in [0.05, 0.1) is 0 Å². The average Bonchev–Trinajstić information content (AvgIpc) is 2.18. The first-order valence-corrected chi connectivity index (χ1v) is 5.99. The summed E-state index contributed by atoms with van der Waals surface area (Å²) in [6.45, 7) is 5.11. The molecule has 0 fully saturated rings. The van der Waals surface area contributed by atoms with E-state index >= 15 is 0 Å². The van der Waals surface area contributed by atoms with E-state index < -0.39 is 0 Å². The van der Waals surface area contributed by atoms with Gasteiger partial charge in [0.1, 0.15) is 0 Å². The summed E-state index contributed by atoms with van der Waals surface area (Å²) >= 11 is 7.38. The quantitative estimate of drug-likeness (QED) is 0.776. The van der Waals surface area contributed by atoms with Crippen molar-refractivity contribution in [3.05, 3.63) is 41.4 Å². The Bertz CT molecular complexity index is 295. The molecule has 1 aromatic carbocycles. The molecule has 0 aromatic heterocycles. The molecule has 76 valence electrons. The summed E-state index contributed by atoms with van der Waals surface area (Å²) in [7, 11) is 0. The molecule has 0 saturated heterocycles. The first-order chi connectivity index (χ1) is 6.72. The van der Waals surface area contributed by atoms with E-state index in [-0.39, 0.29) is 0 Å². The lowest BCUT2D eigenvalue weighted by Crippen LogP contribution is -2.14. The number of benzene rings is 1. The molecule has 0 bridgehead atoms. The zero-order valence-corrected chi connectivity index (χ0v) is 9.79. The molecule has 0 amide bonds. The Morgan fingerprint density at radius 1 is 1.43 bits per heavy atom. The Balaban J connectivity index is 2.40. The molecule has 0 aliphatic rings. The standard InChI is InChI=1S/C11H14ClNS/c1-9(12)7-13-8-10-3-5-11(14-2)6-4-10/h3-6,13H,1,7-8H2,2H3. The molecule has 0 aliphatic carbocycles. The molecule has 3 heteroatoms. The van der Waals surface area contributed by atoms with Crippen LogP contribution in [-0.4, -0.2) is 12.8 Å². The topological polar surface area (TPSA) is 12.0 Å². The Morgan fingerprint density at radius 2 is 2.07 bits per heavy atom. The summed E-state index contributed by atoms with van der Waals surface area (Å²) < 4.78 is 0. The highest BCUT2D eigenvalue weighted by molar-refractivity contribution is 7.98. The van der Waals surface area contributed by atoms with Gasteiger partial charge in [-0.25, -0.2) is 0 Å². The fourth-order valence-electron chi connectivity index (χ4n) is 1.09. The third-order valence-corrected chi connectivity index (χ3v) is 2.68. The van der Waals surface area contributed by atoms with Gasteiger partial charge in [-0.2, -0.15) is 0 Å². The molecule has 1 rings (SSSR count). The second-order valence-electron chi connectivity index (χ2n) is 2.97. The number of hydrogen-bond acceptors (Lipinski definition) is 2. The van der Waals surface area contributed by atoms with Gasteiger partial charge in [0.15, 0.2) is 0 Å². The van der Waals surface area contributed by atoms with Crippen molar-refractivity contribution in [2.75, 3.05) is 12.8 Å². The van der Waals surface area contributed by atoms with Crippen molar-refractivity contribution in [1.29, 1.82) is 0 Å². The minimum Gasteiger partial charge on any atom is -0.308 e. The van der Waals surface area contributed by atoms with E-state index in [1.165, 1.54) is 10.5 Å². The zero-order valence-electron chi connectivity index (χ0n) is 8.22. The van der Waals surface area contributed by atoms with Crippen molar-refractivity contribution in [1.82, 2.24) is 5.32 Å². The van der Waals surface area contributed by atoms with Crippen LogP contribution in [0, 0.1) is 0 Å². The van der Waals surface area contributed by atoms with E-state index in [0.717, 1.165) is 6.54 Å². The van der Waals surface area contributed by atoms with Gasteiger partial charge in [-0.15, -0.1) is 11.8 Å². The van der Waals surface area contributed by atoms with E-state index in [9.17, 15) is 0 Å². The second kappa shape index (κ2) is 6.12. The first kappa shape index (κ1) is 11.6. The van der Waals surface area contributed by atoms with Crippen LogP contribution >= 0.6 is 23.4 Å². The summed E-state index contributed by atoms with van der Waals surface area (Å²) in [5.41, 5.74) is 1.26. The normalized spacial score (nSPS) is 10.1. The Kier molecular flexibility index (Phi) is 5.09. The van der Waals surface area contributed by atoms with Gasteiger partial charge >= 0.3 is 0 Å². The number of hydrogen-bond donors (Lipinski definition) is 1. The maximum atomic E-state index is 5.63. The summed E-state index contributed by atoms with van der Waals surface area (Å²) in [6.07, 6.45) is 2.07. The van der Waals surface area contributed by atoms with Gasteiger partial charge in [-0.05, 0) is 24.0 Å². The molecule has 1 N–H and O–H groups in total. The van der Waals surface area contributed by atoms with Gasteiger partial charge in [0.25, 0.3) is 0 Å². The fourth-order valence-corrected chi connectivity index (χ4v) is 1.59. The third kappa shape index (κ3) is 4.18. The summed E-state index contributed by atoms with van der Waals surface area (Å²) in [4.78, 5) is 1.29. The van der Waals surface area contributed by atoms with E-state index in [1.54, 1.807) is 11.8 Å². The molecule has 0 saturated carbocycles. The SMILES string of the molecule is C=C(Cl)CNCc1ccc(SC)cc1. The molecule has 1 aromatic rings. The predicted molar refractivity (Wildman–Crippen MR) is 64.9 cm³/mol. The van der Waals surface area contributed by atoms with Crippen LogP contribution in [0.15, 0.2) is 40.8 Å². The molecular formula is C11H14ClNS. The first-order valence-electron chi connectivity index (χ1n) is 4.39. The monoisotopic (exact) mass is 227 g/mol. The molecule has 14 heavy (non-hydrogen) atoms. The van der Waals surface area contributed by atoms with Gasteiger partial charge in [-0.3, -0.25) is 0 Å². The molecule has 0 atom stereocenters. The van der Waals surface area contributed by atoms with Crippen molar-refractivity contribution in [3.8, 4) is 0 Å². The molecule has 0 aliphatic heterocycles. The molecule has 0 radical (unpaired) electrons. The van der Waals surface area contributed by atoms with Crippen molar-refractivity contribution in [2.24, 2.45) is 0 Å². The van der Waals surface area contributed by atoms with E-state index in [4.69, 9.17) is 11.6 Å². The van der Waals surface area contributed by atoms with Gasteiger partial charge in [0, 0.05) is 23.0 Å². The molecule has 0 spiro atoms. The number of rotatable bonds is 5. The van der Waals surface area contributed by atoms with Crippen molar-refractivity contribution < 1.29 is 0 Å². The van der Waals surface area contributed by atoms with Crippen LogP contribution < -0.4 is 5.32 Å². The highest BCUT2D eigenvalue weighted by Gasteiger charge is 1.93. The van der Waals surface area contributed by atoms with Gasteiger partial charge < -0.3 is 5.32 Å². The molecule has 0 unspecified atom stereocenters. The van der Waals surface area contributed by atoms with Crippen LogP contribution in [-0.2, 0) is 6.54 Å². The van der Waals surface area contributed by atoms with Crippen molar-refractivity contribution in [3.63, 3.8) is 0 Å². The molecule has 0 heterocycles. The summed E-state index contributed by atoms with van der Waals surface area (Å²) in [6, 6.07) is 8.49. The summed E-state index contributed by atoms with van der Waals surface area (Å²) in [5, 5.41) is 3.84. The number of thioether (sulfide) groups is 1. The average molecular weight is 228 g/mol. The maximum Gasteiger partial charge on any atom is 0.0310 e. The van der Waals surface area contributed by atoms with Crippen LogP contribution in [0.4, 0.5) is 0 Å². The zero-order chi connectivity index (χ0) is 10.4. The van der Waals surface area contributed by atoms with E-state index in [0.29, 0.717) is 11.6 Å². The smallest absolute Gasteiger partial charge is 0.0310 e. The fraction of sp³-hybridized carbons (Fsp3) is 0.273. The number of halogens is 1. The van der Waals surface area contributed by atoms with E-state index in [1.807, 2.05) is 0 Å². The maximum absolute atomic E-state index is 5.63. The lowest BCUT2D eigenvalue weighted by molar-refractivity contribution is 0.754. The van der Waals surface area contributed by atoms with Crippen molar-refractivity contribution >= 4 is 23.4 Å². The van der Waals surface area contributed by atoms with Crippen molar-refractivity contribution in [2.45, 2.75) is 11.4 Å². The highest BCUT2D eigenvalue weighted by atomic mass is 35.5. The van der Waals surface area contributed by atoms with Crippen LogP contribution in [0.5, 0.6) is 0 Å². The predicted octanol–water partition coefficient (Wildman–Crippen LogP) is 3.25. The Labute approximate surface area is 94.5 Å². The van der Waals surface area contributed by atoms with Crippen LogP contribution in [0.3, 0.4) is 0 Å². The van der Waals surface area contributed by atoms with Crippen LogP contribution in [0.25, 0.3) is 0 Å².